The highest BCUT2D eigenvalue weighted by atomic mass is 16.4. The number of hydrogen-bond donors (Lipinski definition) is 0. The molecular weight excluding hydrogens is 216 g/mol. The van der Waals surface area contributed by atoms with Gasteiger partial charge in [0, 0.05) is 12.5 Å². The van der Waals surface area contributed by atoms with Gasteiger partial charge in [-0.3, -0.25) is 9.69 Å². The predicted octanol–water partition coefficient (Wildman–Crippen LogP) is 2.94. The lowest BCUT2D eigenvalue weighted by Crippen LogP contribution is -2.34. The molecule has 0 aromatic carbocycles. The highest BCUT2D eigenvalue weighted by Crippen LogP contribution is 2.16. The summed E-state index contributed by atoms with van der Waals surface area (Å²) in [4.78, 5) is 17.8. The largest absolute Gasteiger partial charge is 0.431 e. The summed E-state index contributed by atoms with van der Waals surface area (Å²) < 4.78 is 5.29. The molecule has 0 spiro atoms. The van der Waals surface area contributed by atoms with E-state index < -0.39 is 0 Å². The quantitative estimate of drug-likeness (QED) is 0.755. The number of aryl methyl sites for hydroxylation is 1. The molecule has 0 N–H and O–H groups in total. The van der Waals surface area contributed by atoms with E-state index in [9.17, 15) is 4.79 Å². The number of hydrogen-bond acceptors (Lipinski definition) is 3. The first-order valence-electron chi connectivity index (χ1n) is 5.78. The third-order valence-electron chi connectivity index (χ3n) is 2.28. The third kappa shape index (κ3) is 3.73. The predicted molar refractivity (Wildman–Crippen MR) is 67.9 cm³/mol. The maximum Gasteiger partial charge on any atom is 0.304 e. The smallest absolute Gasteiger partial charge is 0.304 e. The molecule has 1 rings (SSSR count). The molecule has 1 aromatic rings. The lowest BCUT2D eigenvalue weighted by molar-refractivity contribution is -0.121. The summed E-state index contributed by atoms with van der Waals surface area (Å²) in [5.74, 6) is -0.0582. The lowest BCUT2D eigenvalue weighted by atomic mass is 10.2. The van der Waals surface area contributed by atoms with Crippen LogP contribution in [-0.2, 0) is 4.79 Å². The fourth-order valence-electron chi connectivity index (χ4n) is 1.31. The van der Waals surface area contributed by atoms with Crippen LogP contribution in [0.5, 0.6) is 0 Å². The van der Waals surface area contributed by atoms with Gasteiger partial charge in [0.1, 0.15) is 6.26 Å². The Kier molecular flexibility index (Phi) is 4.49. The molecule has 0 aliphatic carbocycles. The highest BCUT2D eigenvalue weighted by molar-refractivity contribution is 5.92. The van der Waals surface area contributed by atoms with E-state index in [1.807, 2.05) is 40.7 Å². The molecule has 1 amide bonds. The Bertz CT molecular complexity index is 415. The zero-order valence-corrected chi connectivity index (χ0v) is 11.2. The molecule has 1 heterocycles. The maximum absolute atomic E-state index is 12.1. The van der Waals surface area contributed by atoms with Crippen LogP contribution in [0.1, 0.15) is 33.4 Å². The number of carbonyl (C=O) groups is 1. The van der Waals surface area contributed by atoms with Gasteiger partial charge in [0.25, 0.3) is 0 Å². The molecule has 0 fully saturated rings. The molecule has 4 heteroatoms. The van der Waals surface area contributed by atoms with Crippen LogP contribution in [0.2, 0.25) is 0 Å². The Morgan fingerprint density at radius 1 is 1.53 bits per heavy atom. The van der Waals surface area contributed by atoms with Crippen molar-refractivity contribution in [3.05, 3.63) is 23.6 Å². The fraction of sp³-hybridized carbons (Fsp3) is 0.538. The zero-order valence-electron chi connectivity index (χ0n) is 11.2. The van der Waals surface area contributed by atoms with Crippen molar-refractivity contribution in [3.63, 3.8) is 0 Å². The van der Waals surface area contributed by atoms with Gasteiger partial charge in [-0.05, 0) is 20.8 Å². The normalized spacial score (nSPS) is 10.5. The summed E-state index contributed by atoms with van der Waals surface area (Å²) >= 11 is 0. The van der Waals surface area contributed by atoms with Gasteiger partial charge in [0.2, 0.25) is 5.91 Å². The number of anilines is 1. The van der Waals surface area contributed by atoms with E-state index >= 15 is 0 Å². The molecular formula is C13H20N2O2. The number of allylic oxidation sites excluding steroid dienone is 1. The molecule has 4 nitrogen and oxygen atoms in total. The van der Waals surface area contributed by atoms with Crippen molar-refractivity contribution in [3.8, 4) is 0 Å². The Balaban J connectivity index is 2.94. The average molecular weight is 236 g/mol. The number of aromatic nitrogens is 1. The molecule has 94 valence electrons. The van der Waals surface area contributed by atoms with Crippen LogP contribution in [-0.4, -0.2) is 17.4 Å². The number of carbonyl (C=O) groups excluding carboxylic acids is 1. The van der Waals surface area contributed by atoms with E-state index in [1.165, 1.54) is 0 Å². The Hall–Kier alpha value is -1.58. The van der Waals surface area contributed by atoms with Crippen molar-refractivity contribution in [1.82, 2.24) is 4.98 Å². The van der Waals surface area contributed by atoms with Gasteiger partial charge in [-0.2, -0.15) is 4.98 Å². The van der Waals surface area contributed by atoms with Crippen LogP contribution < -0.4 is 4.90 Å². The van der Waals surface area contributed by atoms with Crippen LogP contribution in [0, 0.1) is 12.8 Å². The second kappa shape index (κ2) is 5.66. The van der Waals surface area contributed by atoms with Crippen LogP contribution in [0.25, 0.3) is 0 Å². The molecule has 0 aliphatic heterocycles. The van der Waals surface area contributed by atoms with E-state index in [4.69, 9.17) is 4.42 Å². The zero-order chi connectivity index (χ0) is 13.0. The van der Waals surface area contributed by atoms with E-state index in [0.29, 0.717) is 12.6 Å². The van der Waals surface area contributed by atoms with Crippen molar-refractivity contribution in [2.45, 2.75) is 34.6 Å². The topological polar surface area (TPSA) is 46.3 Å². The molecule has 0 saturated carbocycles. The van der Waals surface area contributed by atoms with Gasteiger partial charge < -0.3 is 4.42 Å². The number of amides is 1. The second-order valence-corrected chi connectivity index (χ2v) is 4.66. The maximum atomic E-state index is 12.1. The SMILES string of the molecule is CC(C)=CCN(C(=O)C(C)C)c1nc(C)co1. The van der Waals surface area contributed by atoms with Crippen LogP contribution >= 0.6 is 0 Å². The number of oxazole rings is 1. The molecule has 1 aromatic heterocycles. The summed E-state index contributed by atoms with van der Waals surface area (Å²) in [7, 11) is 0. The van der Waals surface area contributed by atoms with Gasteiger partial charge in [0.05, 0.1) is 5.69 Å². The van der Waals surface area contributed by atoms with Gasteiger partial charge in [-0.25, -0.2) is 0 Å². The van der Waals surface area contributed by atoms with Crippen LogP contribution in [0.4, 0.5) is 6.01 Å². The van der Waals surface area contributed by atoms with Crippen molar-refractivity contribution in [2.75, 3.05) is 11.4 Å². The van der Waals surface area contributed by atoms with Gasteiger partial charge >= 0.3 is 6.01 Å². The monoisotopic (exact) mass is 236 g/mol. The summed E-state index contributed by atoms with van der Waals surface area (Å²) in [6.45, 7) is 10.1. The Morgan fingerprint density at radius 2 is 2.18 bits per heavy atom. The summed E-state index contributed by atoms with van der Waals surface area (Å²) in [5.41, 5.74) is 1.94. The van der Waals surface area contributed by atoms with Gasteiger partial charge in [0.15, 0.2) is 0 Å². The van der Waals surface area contributed by atoms with Gasteiger partial charge in [-0.15, -0.1) is 0 Å². The molecule has 17 heavy (non-hydrogen) atoms. The number of nitrogens with zero attached hydrogens (tertiary/aromatic N) is 2. The molecule has 0 saturated heterocycles. The minimum Gasteiger partial charge on any atom is -0.431 e. The Morgan fingerprint density at radius 3 is 2.59 bits per heavy atom. The minimum atomic E-state index is -0.0761. The van der Waals surface area contributed by atoms with Crippen molar-refractivity contribution in [1.29, 1.82) is 0 Å². The van der Waals surface area contributed by atoms with Crippen molar-refractivity contribution >= 4 is 11.9 Å². The summed E-state index contributed by atoms with van der Waals surface area (Å²) in [5, 5.41) is 0. The molecule has 0 bridgehead atoms. The summed E-state index contributed by atoms with van der Waals surface area (Å²) in [6.07, 6.45) is 3.54. The molecule has 0 aliphatic rings. The molecule has 0 atom stereocenters. The van der Waals surface area contributed by atoms with Crippen LogP contribution in [0.15, 0.2) is 22.3 Å². The van der Waals surface area contributed by atoms with Crippen molar-refractivity contribution < 1.29 is 9.21 Å². The third-order valence-corrected chi connectivity index (χ3v) is 2.28. The minimum absolute atomic E-state index is 0.0179. The standard InChI is InChI=1S/C13H20N2O2/c1-9(2)6-7-15(12(16)10(3)4)13-14-11(5)8-17-13/h6,8,10H,7H2,1-5H3. The fourth-order valence-corrected chi connectivity index (χ4v) is 1.31. The molecule has 0 unspecified atom stereocenters. The average Bonchev–Trinajstić information content (AvgIpc) is 2.64. The second-order valence-electron chi connectivity index (χ2n) is 4.66. The summed E-state index contributed by atoms with van der Waals surface area (Å²) in [6, 6.07) is 0.374. The van der Waals surface area contributed by atoms with Crippen LogP contribution in [0.3, 0.4) is 0 Å². The van der Waals surface area contributed by atoms with E-state index in [2.05, 4.69) is 4.98 Å². The first kappa shape index (κ1) is 13.5. The lowest BCUT2D eigenvalue weighted by Gasteiger charge is -2.19. The van der Waals surface area contributed by atoms with E-state index in [1.54, 1.807) is 11.2 Å². The van der Waals surface area contributed by atoms with Gasteiger partial charge in [-0.1, -0.05) is 25.5 Å². The van der Waals surface area contributed by atoms with Crippen molar-refractivity contribution in [2.24, 2.45) is 5.92 Å². The first-order valence-corrected chi connectivity index (χ1v) is 5.78. The number of rotatable bonds is 4. The highest BCUT2D eigenvalue weighted by Gasteiger charge is 2.21. The first-order chi connectivity index (χ1) is 7.91. The Labute approximate surface area is 102 Å². The van der Waals surface area contributed by atoms with E-state index in [-0.39, 0.29) is 11.8 Å². The molecule has 0 radical (unpaired) electrons. The van der Waals surface area contributed by atoms with E-state index in [0.717, 1.165) is 11.3 Å².